The van der Waals surface area contributed by atoms with Crippen LogP contribution in [-0.4, -0.2) is 14.5 Å². The van der Waals surface area contributed by atoms with Crippen molar-refractivity contribution in [3.05, 3.63) is 28.4 Å². The smallest absolute Gasteiger partial charge is 0.260 e. The number of fused-ring (bicyclic) bond motifs is 1. The molecular formula is C26H41N3O. The highest BCUT2D eigenvalue weighted by Crippen LogP contribution is 2.36. The summed E-state index contributed by atoms with van der Waals surface area (Å²) in [5, 5.41) is 0.886. The summed E-state index contributed by atoms with van der Waals surface area (Å²) >= 11 is 0. The third-order valence-corrected chi connectivity index (χ3v) is 7.66. The zero-order chi connectivity index (χ0) is 20.6. The van der Waals surface area contributed by atoms with E-state index in [4.69, 9.17) is 4.98 Å². The van der Waals surface area contributed by atoms with Crippen LogP contribution in [0.15, 0.2) is 17.3 Å². The molecule has 0 unspecified atom stereocenters. The van der Waals surface area contributed by atoms with Gasteiger partial charge in [0.2, 0.25) is 0 Å². The van der Waals surface area contributed by atoms with Crippen molar-refractivity contribution < 1.29 is 0 Å². The molecule has 2 aromatic heterocycles. The van der Waals surface area contributed by atoms with Crippen LogP contribution in [0.1, 0.15) is 133 Å². The zero-order valence-electron chi connectivity index (χ0n) is 18.8. The normalized spacial score (nSPS) is 22.1. The van der Waals surface area contributed by atoms with Gasteiger partial charge in [-0.05, 0) is 37.2 Å². The molecule has 2 aliphatic carbocycles. The SMILES string of the molecule is O=c1[nH]cnc2c1c(C1CCCCCCCCC1)cn2C1CCCCCCCCC1. The topological polar surface area (TPSA) is 50.7 Å². The van der Waals surface area contributed by atoms with E-state index in [2.05, 4.69) is 15.7 Å². The van der Waals surface area contributed by atoms with Crippen molar-refractivity contribution in [2.45, 2.75) is 128 Å². The maximum absolute atomic E-state index is 12.9. The van der Waals surface area contributed by atoms with Crippen LogP contribution in [0.2, 0.25) is 0 Å². The molecular weight excluding hydrogens is 370 g/mol. The van der Waals surface area contributed by atoms with E-state index in [1.54, 1.807) is 6.33 Å². The van der Waals surface area contributed by atoms with Gasteiger partial charge in [-0.25, -0.2) is 4.98 Å². The van der Waals surface area contributed by atoms with Gasteiger partial charge in [-0.3, -0.25) is 4.79 Å². The van der Waals surface area contributed by atoms with Crippen LogP contribution < -0.4 is 5.56 Å². The molecule has 4 rings (SSSR count). The summed E-state index contributed by atoms with van der Waals surface area (Å²) < 4.78 is 2.42. The molecule has 2 heterocycles. The zero-order valence-corrected chi connectivity index (χ0v) is 18.8. The molecule has 0 atom stereocenters. The third-order valence-electron chi connectivity index (χ3n) is 7.66. The van der Waals surface area contributed by atoms with Crippen molar-refractivity contribution in [1.29, 1.82) is 0 Å². The number of hydrogen-bond donors (Lipinski definition) is 1. The highest BCUT2D eigenvalue weighted by Gasteiger charge is 2.24. The highest BCUT2D eigenvalue weighted by molar-refractivity contribution is 5.80. The Morgan fingerprint density at radius 1 is 0.733 bits per heavy atom. The summed E-state index contributed by atoms with van der Waals surface area (Å²) in [5.74, 6) is 0.511. The van der Waals surface area contributed by atoms with Gasteiger partial charge in [0, 0.05) is 12.2 Å². The number of aromatic amines is 1. The van der Waals surface area contributed by atoms with Gasteiger partial charge in [-0.15, -0.1) is 0 Å². The van der Waals surface area contributed by atoms with Gasteiger partial charge in [0.15, 0.2) is 0 Å². The summed E-state index contributed by atoms with van der Waals surface area (Å²) in [6.45, 7) is 0. The monoisotopic (exact) mass is 411 g/mol. The minimum atomic E-state index is 0.0608. The Labute approximate surface area is 181 Å². The highest BCUT2D eigenvalue weighted by atomic mass is 16.1. The van der Waals surface area contributed by atoms with E-state index in [1.807, 2.05) is 0 Å². The van der Waals surface area contributed by atoms with Crippen LogP contribution in [0.5, 0.6) is 0 Å². The first-order valence-corrected chi connectivity index (χ1v) is 12.9. The molecule has 4 nitrogen and oxygen atoms in total. The molecule has 30 heavy (non-hydrogen) atoms. The maximum atomic E-state index is 12.9. The second-order valence-corrected chi connectivity index (χ2v) is 9.88. The first-order chi connectivity index (χ1) is 14.8. The molecule has 2 saturated carbocycles. The maximum Gasteiger partial charge on any atom is 0.260 e. The average molecular weight is 412 g/mol. The fourth-order valence-electron chi connectivity index (χ4n) is 5.90. The van der Waals surface area contributed by atoms with Crippen molar-refractivity contribution in [1.82, 2.24) is 14.5 Å². The predicted octanol–water partition coefficient (Wildman–Crippen LogP) is 7.40. The van der Waals surface area contributed by atoms with Gasteiger partial charge in [-0.2, -0.15) is 0 Å². The van der Waals surface area contributed by atoms with Gasteiger partial charge in [-0.1, -0.05) is 89.9 Å². The molecule has 0 radical (unpaired) electrons. The van der Waals surface area contributed by atoms with Crippen molar-refractivity contribution in [2.75, 3.05) is 0 Å². The first kappa shape index (κ1) is 21.6. The Morgan fingerprint density at radius 3 is 1.80 bits per heavy atom. The number of hydrogen-bond acceptors (Lipinski definition) is 2. The van der Waals surface area contributed by atoms with Crippen LogP contribution >= 0.6 is 0 Å². The lowest BCUT2D eigenvalue weighted by Gasteiger charge is -2.21. The third kappa shape index (κ3) is 5.36. The Kier molecular flexibility index (Phi) is 8.05. The quantitative estimate of drug-likeness (QED) is 0.559. The van der Waals surface area contributed by atoms with Crippen molar-refractivity contribution in [2.24, 2.45) is 0 Å². The second-order valence-electron chi connectivity index (χ2n) is 9.88. The molecule has 2 fully saturated rings. The molecule has 0 aromatic carbocycles. The first-order valence-electron chi connectivity index (χ1n) is 12.9. The molecule has 0 amide bonds. The van der Waals surface area contributed by atoms with Gasteiger partial charge < -0.3 is 9.55 Å². The second kappa shape index (κ2) is 11.2. The molecule has 1 N–H and O–H groups in total. The molecule has 166 valence electrons. The minimum Gasteiger partial charge on any atom is -0.329 e. The van der Waals surface area contributed by atoms with Crippen molar-refractivity contribution in [3.8, 4) is 0 Å². The lowest BCUT2D eigenvalue weighted by Crippen LogP contribution is -2.12. The van der Waals surface area contributed by atoms with E-state index in [0.717, 1.165) is 11.0 Å². The van der Waals surface area contributed by atoms with E-state index in [-0.39, 0.29) is 5.56 Å². The largest absolute Gasteiger partial charge is 0.329 e. The van der Waals surface area contributed by atoms with E-state index in [9.17, 15) is 4.79 Å². The predicted molar refractivity (Wildman–Crippen MR) is 125 cm³/mol. The number of nitrogens with one attached hydrogen (secondary N) is 1. The summed E-state index contributed by atoms with van der Waals surface area (Å²) in [5.41, 5.74) is 2.29. The molecule has 0 spiro atoms. The van der Waals surface area contributed by atoms with Gasteiger partial charge >= 0.3 is 0 Å². The van der Waals surface area contributed by atoms with Crippen LogP contribution in [0, 0.1) is 0 Å². The van der Waals surface area contributed by atoms with Gasteiger partial charge in [0.25, 0.3) is 5.56 Å². The number of nitrogens with zero attached hydrogens (tertiary/aromatic N) is 2. The fourth-order valence-corrected chi connectivity index (χ4v) is 5.90. The Balaban J connectivity index is 1.66. The fraction of sp³-hybridized carbons (Fsp3) is 0.769. The molecule has 0 bridgehead atoms. The standard InChI is InChI=1S/C26H41N3O/c30-26-24-23(21-15-11-7-3-1-4-8-12-16-21)19-29(25(24)27-20-28-26)22-17-13-9-5-2-6-10-14-18-22/h19-22H,1-18H2,(H,27,28,30). The Bertz CT molecular complexity index is 816. The van der Waals surface area contributed by atoms with E-state index >= 15 is 0 Å². The number of aromatic nitrogens is 3. The van der Waals surface area contributed by atoms with Crippen LogP contribution in [0.25, 0.3) is 11.0 Å². The van der Waals surface area contributed by atoms with E-state index < -0.39 is 0 Å². The lowest BCUT2D eigenvalue weighted by atomic mass is 9.87. The molecule has 2 aliphatic rings. The molecule has 4 heteroatoms. The van der Waals surface area contributed by atoms with Gasteiger partial charge in [0.1, 0.15) is 5.65 Å². The van der Waals surface area contributed by atoms with Crippen molar-refractivity contribution in [3.63, 3.8) is 0 Å². The number of H-pyrrole nitrogens is 1. The van der Waals surface area contributed by atoms with Crippen molar-refractivity contribution >= 4 is 11.0 Å². The molecule has 0 saturated heterocycles. The average Bonchev–Trinajstić information content (AvgIpc) is 3.16. The van der Waals surface area contributed by atoms with Crippen LogP contribution in [-0.2, 0) is 0 Å². The van der Waals surface area contributed by atoms with Gasteiger partial charge in [0.05, 0.1) is 11.7 Å². The summed E-state index contributed by atoms with van der Waals surface area (Å²) in [6, 6.07) is 0.494. The van der Waals surface area contributed by atoms with E-state index in [1.165, 1.54) is 121 Å². The Morgan fingerprint density at radius 2 is 1.23 bits per heavy atom. The molecule has 2 aromatic rings. The lowest BCUT2D eigenvalue weighted by molar-refractivity contribution is 0.386. The number of rotatable bonds is 2. The summed E-state index contributed by atoms with van der Waals surface area (Å²) in [7, 11) is 0. The molecule has 0 aliphatic heterocycles. The minimum absolute atomic E-state index is 0.0608. The summed E-state index contributed by atoms with van der Waals surface area (Å²) in [4.78, 5) is 20.5. The Hall–Kier alpha value is -1.58. The van der Waals surface area contributed by atoms with Crippen LogP contribution in [0.4, 0.5) is 0 Å². The summed E-state index contributed by atoms with van der Waals surface area (Å²) in [6.07, 6.45) is 27.7. The van der Waals surface area contributed by atoms with E-state index in [0.29, 0.717) is 12.0 Å². The van der Waals surface area contributed by atoms with Crippen LogP contribution in [0.3, 0.4) is 0 Å².